The van der Waals surface area contributed by atoms with Crippen molar-refractivity contribution in [2.75, 3.05) is 18.4 Å². The second-order valence-corrected chi connectivity index (χ2v) is 3.87. The molecule has 0 bridgehead atoms. The Morgan fingerprint density at radius 2 is 1.94 bits per heavy atom. The van der Waals surface area contributed by atoms with Gasteiger partial charge in [0.05, 0.1) is 0 Å². The number of hydrogen-bond acceptors (Lipinski definition) is 4. The molecule has 0 aliphatic rings. The van der Waals surface area contributed by atoms with Gasteiger partial charge >= 0.3 is 0 Å². The molecule has 0 unspecified atom stereocenters. The van der Waals surface area contributed by atoms with Crippen LogP contribution < -0.4 is 11.1 Å². The van der Waals surface area contributed by atoms with Gasteiger partial charge in [-0.3, -0.25) is 0 Å². The number of halogens is 1. The van der Waals surface area contributed by atoms with Gasteiger partial charge in [-0.15, -0.1) is 0 Å². The first kappa shape index (κ1) is 12.4. The maximum atomic E-state index is 13.1. The molecule has 0 amide bonds. The summed E-state index contributed by atoms with van der Waals surface area (Å²) in [6, 6.07) is 6.36. The molecular formula is C13H15FN4. The Bertz CT molecular complexity index is 499. The third-order valence-electron chi connectivity index (χ3n) is 2.47. The first-order valence-electron chi connectivity index (χ1n) is 5.81. The number of nitrogens with one attached hydrogen (secondary N) is 1. The fourth-order valence-electron chi connectivity index (χ4n) is 1.54. The monoisotopic (exact) mass is 246 g/mol. The minimum Gasteiger partial charge on any atom is -0.354 e. The van der Waals surface area contributed by atoms with Crippen LogP contribution in [0.3, 0.4) is 0 Å². The maximum absolute atomic E-state index is 13.1. The van der Waals surface area contributed by atoms with E-state index in [1.807, 2.05) is 6.07 Å². The summed E-state index contributed by atoms with van der Waals surface area (Å²) in [6.07, 6.45) is 4.22. The molecule has 0 spiro atoms. The summed E-state index contributed by atoms with van der Waals surface area (Å²) in [5.74, 6) is 0.293. The second-order valence-electron chi connectivity index (χ2n) is 3.87. The molecule has 2 rings (SSSR count). The lowest BCUT2D eigenvalue weighted by molar-refractivity contribution is 0.628. The van der Waals surface area contributed by atoms with Crippen LogP contribution in [0.25, 0.3) is 11.1 Å². The Kier molecular flexibility index (Phi) is 4.20. The molecule has 94 valence electrons. The molecule has 5 heteroatoms. The number of aromatic nitrogens is 2. The summed E-state index contributed by atoms with van der Waals surface area (Å²) in [4.78, 5) is 8.34. The third-order valence-corrected chi connectivity index (χ3v) is 2.47. The van der Waals surface area contributed by atoms with Gasteiger partial charge in [0, 0.05) is 24.5 Å². The fraction of sp³-hybridized carbons (Fsp3) is 0.231. The Balaban J connectivity index is 2.07. The summed E-state index contributed by atoms with van der Waals surface area (Å²) in [7, 11) is 0. The first-order chi connectivity index (χ1) is 8.79. The average molecular weight is 246 g/mol. The molecule has 0 aliphatic heterocycles. The van der Waals surface area contributed by atoms with E-state index in [0.717, 1.165) is 24.1 Å². The van der Waals surface area contributed by atoms with Gasteiger partial charge in [0.1, 0.15) is 5.82 Å². The van der Waals surface area contributed by atoms with Crippen LogP contribution in [0.4, 0.5) is 10.3 Å². The minimum atomic E-state index is -0.266. The van der Waals surface area contributed by atoms with Crippen LogP contribution >= 0.6 is 0 Å². The van der Waals surface area contributed by atoms with Crippen molar-refractivity contribution >= 4 is 5.95 Å². The largest absolute Gasteiger partial charge is 0.354 e. The number of nitrogens with two attached hydrogens (primary N) is 1. The van der Waals surface area contributed by atoms with Crippen molar-refractivity contribution in [2.45, 2.75) is 6.42 Å². The van der Waals surface area contributed by atoms with Gasteiger partial charge in [-0.2, -0.15) is 0 Å². The molecule has 1 aromatic carbocycles. The highest BCUT2D eigenvalue weighted by molar-refractivity contribution is 5.61. The topological polar surface area (TPSA) is 63.8 Å². The predicted octanol–water partition coefficient (Wildman–Crippen LogP) is 2.04. The zero-order valence-electron chi connectivity index (χ0n) is 9.94. The van der Waals surface area contributed by atoms with E-state index in [-0.39, 0.29) is 5.82 Å². The Labute approximate surface area is 105 Å². The molecule has 0 atom stereocenters. The van der Waals surface area contributed by atoms with Crippen LogP contribution in [0.1, 0.15) is 6.42 Å². The molecule has 1 aromatic heterocycles. The molecule has 0 saturated carbocycles. The van der Waals surface area contributed by atoms with Gasteiger partial charge in [-0.25, -0.2) is 14.4 Å². The van der Waals surface area contributed by atoms with Crippen molar-refractivity contribution in [3.8, 4) is 11.1 Å². The lowest BCUT2D eigenvalue weighted by Crippen LogP contribution is -2.10. The summed E-state index contributed by atoms with van der Waals surface area (Å²) in [5, 5.41) is 3.06. The maximum Gasteiger partial charge on any atom is 0.222 e. The quantitative estimate of drug-likeness (QED) is 0.792. The molecule has 3 N–H and O–H groups in total. The van der Waals surface area contributed by atoms with Gasteiger partial charge in [-0.05, 0) is 30.7 Å². The van der Waals surface area contributed by atoms with E-state index in [4.69, 9.17) is 5.73 Å². The Morgan fingerprint density at radius 1 is 1.17 bits per heavy atom. The molecule has 18 heavy (non-hydrogen) atoms. The smallest absolute Gasteiger partial charge is 0.222 e. The highest BCUT2D eigenvalue weighted by atomic mass is 19.1. The summed E-state index contributed by atoms with van der Waals surface area (Å²) >= 11 is 0. The van der Waals surface area contributed by atoms with E-state index >= 15 is 0 Å². The number of nitrogens with zero attached hydrogens (tertiary/aromatic N) is 2. The molecule has 0 radical (unpaired) electrons. The van der Waals surface area contributed by atoms with E-state index < -0.39 is 0 Å². The van der Waals surface area contributed by atoms with Crippen molar-refractivity contribution in [3.63, 3.8) is 0 Å². The van der Waals surface area contributed by atoms with Crippen molar-refractivity contribution in [1.29, 1.82) is 0 Å². The molecule has 1 heterocycles. The number of hydrogen-bond donors (Lipinski definition) is 2. The van der Waals surface area contributed by atoms with E-state index in [0.29, 0.717) is 12.5 Å². The first-order valence-corrected chi connectivity index (χ1v) is 5.81. The Morgan fingerprint density at radius 3 is 2.61 bits per heavy atom. The molecule has 2 aromatic rings. The van der Waals surface area contributed by atoms with Crippen molar-refractivity contribution in [1.82, 2.24) is 9.97 Å². The van der Waals surface area contributed by atoms with Crippen LogP contribution in [0.5, 0.6) is 0 Å². The van der Waals surface area contributed by atoms with Gasteiger partial charge in [0.25, 0.3) is 0 Å². The van der Waals surface area contributed by atoms with E-state index in [1.54, 1.807) is 18.5 Å². The van der Waals surface area contributed by atoms with Crippen molar-refractivity contribution in [3.05, 3.63) is 42.5 Å². The normalized spacial score (nSPS) is 10.3. The van der Waals surface area contributed by atoms with Crippen LogP contribution in [-0.2, 0) is 0 Å². The number of rotatable bonds is 5. The van der Waals surface area contributed by atoms with Gasteiger partial charge in [-0.1, -0.05) is 12.1 Å². The van der Waals surface area contributed by atoms with E-state index in [9.17, 15) is 4.39 Å². The van der Waals surface area contributed by atoms with E-state index in [1.165, 1.54) is 12.1 Å². The molecular weight excluding hydrogens is 231 g/mol. The zero-order chi connectivity index (χ0) is 12.8. The van der Waals surface area contributed by atoms with Crippen LogP contribution in [-0.4, -0.2) is 23.1 Å². The lowest BCUT2D eigenvalue weighted by atomic mass is 10.1. The highest BCUT2D eigenvalue weighted by Gasteiger charge is 2.01. The number of anilines is 1. The Hall–Kier alpha value is -2.01. The average Bonchev–Trinajstić information content (AvgIpc) is 2.40. The lowest BCUT2D eigenvalue weighted by Gasteiger charge is -2.05. The summed E-state index contributed by atoms with van der Waals surface area (Å²) in [6.45, 7) is 1.38. The van der Waals surface area contributed by atoms with Crippen molar-refractivity contribution in [2.24, 2.45) is 5.73 Å². The summed E-state index contributed by atoms with van der Waals surface area (Å²) in [5.41, 5.74) is 6.95. The zero-order valence-corrected chi connectivity index (χ0v) is 9.94. The van der Waals surface area contributed by atoms with E-state index in [2.05, 4.69) is 15.3 Å². The van der Waals surface area contributed by atoms with Gasteiger partial charge in [0.2, 0.25) is 5.95 Å². The van der Waals surface area contributed by atoms with Gasteiger partial charge < -0.3 is 11.1 Å². The highest BCUT2D eigenvalue weighted by Crippen LogP contribution is 2.18. The van der Waals surface area contributed by atoms with Crippen LogP contribution in [0.15, 0.2) is 36.7 Å². The SMILES string of the molecule is NCCCNc1ncc(-c2cccc(F)c2)cn1. The second kappa shape index (κ2) is 6.07. The third kappa shape index (κ3) is 3.24. The molecule has 0 fully saturated rings. The standard InChI is InChI=1S/C13H15FN4/c14-12-4-1-3-10(7-12)11-8-17-13(18-9-11)16-6-2-5-15/h1,3-4,7-9H,2,5-6,15H2,(H,16,17,18). The molecule has 0 aliphatic carbocycles. The fourth-order valence-corrected chi connectivity index (χ4v) is 1.54. The van der Waals surface area contributed by atoms with Crippen LogP contribution in [0, 0.1) is 5.82 Å². The van der Waals surface area contributed by atoms with Crippen molar-refractivity contribution < 1.29 is 4.39 Å². The molecule has 0 saturated heterocycles. The summed E-state index contributed by atoms with van der Waals surface area (Å²) < 4.78 is 13.1. The molecule has 4 nitrogen and oxygen atoms in total. The predicted molar refractivity (Wildman–Crippen MR) is 69.6 cm³/mol. The minimum absolute atomic E-state index is 0.266. The van der Waals surface area contributed by atoms with Gasteiger partial charge in [0.15, 0.2) is 0 Å². The van der Waals surface area contributed by atoms with Crippen LogP contribution in [0.2, 0.25) is 0 Å². The number of benzene rings is 1.